The Hall–Kier alpha value is -0.690. The third kappa shape index (κ3) is 3.22. The van der Waals surface area contributed by atoms with Gasteiger partial charge in [0.1, 0.15) is 0 Å². The van der Waals surface area contributed by atoms with Gasteiger partial charge < -0.3 is 0 Å². The van der Waals surface area contributed by atoms with Crippen LogP contribution in [0, 0.1) is 0 Å². The lowest BCUT2D eigenvalue weighted by Crippen LogP contribution is -2.15. The fourth-order valence-electron chi connectivity index (χ4n) is 1.20. The summed E-state index contributed by atoms with van der Waals surface area (Å²) in [4.78, 5) is 0. The van der Waals surface area contributed by atoms with Crippen molar-refractivity contribution < 1.29 is 8.39 Å². The van der Waals surface area contributed by atoms with E-state index in [2.05, 4.69) is 0 Å². The number of nitrogens with zero attached hydrogens (tertiary/aromatic N) is 1. The van der Waals surface area contributed by atoms with Crippen LogP contribution in [0.3, 0.4) is 0 Å². The second-order valence-electron chi connectivity index (χ2n) is 3.03. The van der Waals surface area contributed by atoms with Gasteiger partial charge in [-0.05, 0) is 18.6 Å². The maximum Gasteiger partial charge on any atom is 0.373 e. The van der Waals surface area contributed by atoms with Gasteiger partial charge in [-0.3, -0.25) is 4.67 Å². The normalized spacial score (nSPS) is 10.6. The van der Waals surface area contributed by atoms with Crippen LogP contribution < -0.4 is 4.67 Å². The smallest absolute Gasteiger partial charge is 0.299 e. The fourth-order valence-corrected chi connectivity index (χ4v) is 1.80. The molecule has 0 spiro atoms. The lowest BCUT2D eigenvalue weighted by Gasteiger charge is -2.21. The van der Waals surface area contributed by atoms with Crippen molar-refractivity contribution in [3.8, 4) is 0 Å². The second-order valence-corrected chi connectivity index (χ2v) is 3.94. The van der Waals surface area contributed by atoms with Gasteiger partial charge in [0.05, 0.1) is 0 Å². The van der Waals surface area contributed by atoms with Crippen LogP contribution in [0.1, 0.15) is 19.8 Å². The predicted octanol–water partition coefficient (Wildman–Crippen LogP) is 4.46. The van der Waals surface area contributed by atoms with Crippen molar-refractivity contribution in [3.63, 3.8) is 0 Å². The van der Waals surface area contributed by atoms with Crippen LogP contribution in [0.15, 0.2) is 30.3 Å². The highest BCUT2D eigenvalue weighted by Crippen LogP contribution is 2.46. The molecule has 0 saturated carbocycles. The molecular weight excluding hydrogens is 203 g/mol. The molecule has 0 saturated heterocycles. The summed E-state index contributed by atoms with van der Waals surface area (Å²) in [6, 6.07) is 8.86. The van der Waals surface area contributed by atoms with Gasteiger partial charge >= 0.3 is 8.69 Å². The molecule has 0 aliphatic heterocycles. The maximum atomic E-state index is 12.7. The predicted molar refractivity (Wildman–Crippen MR) is 57.8 cm³/mol. The van der Waals surface area contributed by atoms with Gasteiger partial charge in [0.2, 0.25) is 0 Å². The first-order valence-corrected chi connectivity index (χ1v) is 5.77. The van der Waals surface area contributed by atoms with Crippen LogP contribution in [0.4, 0.5) is 14.1 Å². The Morgan fingerprint density at radius 2 is 1.86 bits per heavy atom. The zero-order valence-corrected chi connectivity index (χ0v) is 9.05. The molecule has 0 aliphatic rings. The summed E-state index contributed by atoms with van der Waals surface area (Å²) in [5.74, 6) is 0. The van der Waals surface area contributed by atoms with E-state index in [1.54, 1.807) is 24.3 Å². The van der Waals surface area contributed by atoms with Crippen LogP contribution in [0.2, 0.25) is 0 Å². The zero-order chi connectivity index (χ0) is 10.4. The Bertz CT molecular complexity index is 254. The molecule has 78 valence electrons. The average molecular weight is 217 g/mol. The summed E-state index contributed by atoms with van der Waals surface area (Å²) in [6.45, 7) is 2.45. The standard InChI is InChI=1S/C10H14F2NP/c1-2-3-9-13(14(11)12)10-7-5-4-6-8-10/h4-8H,2-3,9H2,1H3. The van der Waals surface area contributed by atoms with Gasteiger partial charge in [0.25, 0.3) is 0 Å². The van der Waals surface area contributed by atoms with Crippen molar-refractivity contribution in [2.24, 2.45) is 0 Å². The number of anilines is 1. The number of unbranched alkanes of at least 4 members (excludes halogenated alkanes) is 1. The summed E-state index contributed by atoms with van der Waals surface area (Å²) >= 11 is 0. The van der Waals surface area contributed by atoms with Crippen LogP contribution in [-0.4, -0.2) is 6.54 Å². The van der Waals surface area contributed by atoms with Gasteiger partial charge in [0, 0.05) is 12.2 Å². The monoisotopic (exact) mass is 217 g/mol. The number of hydrogen-bond acceptors (Lipinski definition) is 1. The molecule has 0 heterocycles. The molecule has 0 N–H and O–H groups in total. The number of halogens is 2. The quantitative estimate of drug-likeness (QED) is 0.658. The van der Waals surface area contributed by atoms with Crippen LogP contribution in [0.25, 0.3) is 0 Å². The minimum atomic E-state index is -3.02. The molecule has 0 bridgehead atoms. The van der Waals surface area contributed by atoms with Crippen LogP contribution in [-0.2, 0) is 0 Å². The number of para-hydroxylation sites is 1. The molecule has 0 fully saturated rings. The molecule has 1 nitrogen and oxygen atoms in total. The van der Waals surface area contributed by atoms with Crippen LogP contribution in [0.5, 0.6) is 0 Å². The average Bonchev–Trinajstić information content (AvgIpc) is 2.19. The van der Waals surface area contributed by atoms with E-state index >= 15 is 0 Å². The molecule has 0 amide bonds. The van der Waals surface area contributed by atoms with Crippen LogP contribution >= 0.6 is 8.69 Å². The molecule has 0 unspecified atom stereocenters. The minimum absolute atomic E-state index is 0.444. The van der Waals surface area contributed by atoms with E-state index in [1.807, 2.05) is 13.0 Å². The van der Waals surface area contributed by atoms with Gasteiger partial charge in [-0.15, -0.1) is 0 Å². The lowest BCUT2D eigenvalue weighted by molar-refractivity contribution is 0.706. The highest BCUT2D eigenvalue weighted by molar-refractivity contribution is 7.48. The first kappa shape index (κ1) is 11.4. The second kappa shape index (κ2) is 5.92. The van der Waals surface area contributed by atoms with E-state index in [0.717, 1.165) is 12.8 Å². The van der Waals surface area contributed by atoms with E-state index in [-0.39, 0.29) is 0 Å². The van der Waals surface area contributed by atoms with E-state index in [4.69, 9.17) is 0 Å². The summed E-state index contributed by atoms with van der Waals surface area (Å²) in [5, 5.41) is 0. The van der Waals surface area contributed by atoms with Crippen molar-refractivity contribution in [1.29, 1.82) is 0 Å². The zero-order valence-electron chi connectivity index (χ0n) is 8.16. The minimum Gasteiger partial charge on any atom is -0.299 e. The van der Waals surface area contributed by atoms with Gasteiger partial charge in [-0.1, -0.05) is 31.5 Å². The number of benzene rings is 1. The third-order valence-electron chi connectivity index (χ3n) is 1.96. The maximum absolute atomic E-state index is 12.7. The van der Waals surface area contributed by atoms with Crippen molar-refractivity contribution in [2.45, 2.75) is 19.8 Å². The molecule has 0 radical (unpaired) electrons. The number of hydrogen-bond donors (Lipinski definition) is 0. The molecule has 0 aromatic heterocycles. The van der Waals surface area contributed by atoms with E-state index in [1.165, 1.54) is 4.67 Å². The van der Waals surface area contributed by atoms with Gasteiger partial charge in [0.15, 0.2) is 0 Å². The Balaban J connectivity index is 2.68. The summed E-state index contributed by atoms with van der Waals surface area (Å²) in [7, 11) is -3.02. The van der Waals surface area contributed by atoms with E-state index < -0.39 is 8.69 Å². The summed E-state index contributed by atoms with van der Waals surface area (Å²) < 4.78 is 26.6. The molecule has 0 atom stereocenters. The molecule has 1 aromatic carbocycles. The SMILES string of the molecule is CCCCN(c1ccccc1)P(F)F. The van der Waals surface area contributed by atoms with Crippen molar-refractivity contribution in [2.75, 3.05) is 11.2 Å². The first-order valence-electron chi connectivity index (χ1n) is 4.70. The Morgan fingerprint density at radius 1 is 1.21 bits per heavy atom. The molecule has 1 aromatic rings. The molecule has 14 heavy (non-hydrogen) atoms. The Labute approximate surface area is 84.8 Å². The largest absolute Gasteiger partial charge is 0.373 e. The lowest BCUT2D eigenvalue weighted by atomic mass is 10.3. The summed E-state index contributed by atoms with van der Waals surface area (Å²) in [5.41, 5.74) is 0.622. The molecule has 0 aliphatic carbocycles. The van der Waals surface area contributed by atoms with Crippen molar-refractivity contribution in [3.05, 3.63) is 30.3 Å². The third-order valence-corrected chi connectivity index (χ3v) is 2.76. The Morgan fingerprint density at radius 3 is 2.36 bits per heavy atom. The Kier molecular flexibility index (Phi) is 4.81. The van der Waals surface area contributed by atoms with Crippen molar-refractivity contribution in [1.82, 2.24) is 0 Å². The first-order chi connectivity index (χ1) is 6.75. The fraction of sp³-hybridized carbons (Fsp3) is 0.400. The molecule has 4 heteroatoms. The number of rotatable bonds is 5. The molecule has 1 rings (SSSR count). The van der Waals surface area contributed by atoms with E-state index in [0.29, 0.717) is 12.2 Å². The summed E-state index contributed by atoms with van der Waals surface area (Å²) in [6.07, 6.45) is 1.74. The highest BCUT2D eigenvalue weighted by atomic mass is 31.2. The van der Waals surface area contributed by atoms with Gasteiger partial charge in [-0.25, -0.2) is 0 Å². The molecular formula is C10H14F2NP. The van der Waals surface area contributed by atoms with E-state index in [9.17, 15) is 8.39 Å². The van der Waals surface area contributed by atoms with Crippen molar-refractivity contribution >= 4 is 14.4 Å². The topological polar surface area (TPSA) is 3.24 Å². The van der Waals surface area contributed by atoms with Gasteiger partial charge in [-0.2, -0.15) is 8.39 Å². The highest BCUT2D eigenvalue weighted by Gasteiger charge is 2.17.